The van der Waals surface area contributed by atoms with Gasteiger partial charge in [-0.1, -0.05) is 0 Å². The molecule has 0 radical (unpaired) electrons. The fourth-order valence-electron chi connectivity index (χ4n) is 1.99. The third-order valence-electron chi connectivity index (χ3n) is 3.37. The van der Waals surface area contributed by atoms with Crippen LogP contribution in [0.5, 0.6) is 5.75 Å². The molecule has 20 heavy (non-hydrogen) atoms. The average molecular weight is 275 g/mol. The standard InChI is InChI=1S/C16H18FNO2/c1-11-8-13(6-7-16(11)17)19-10-15-5-4-14(20-15)9-18-12-2-3-12/h4-8,12,18H,2-3,9-10H2,1H3. The van der Waals surface area contributed by atoms with Crippen molar-refractivity contribution in [3.63, 3.8) is 0 Å². The molecule has 1 aromatic carbocycles. The molecule has 1 aliphatic rings. The van der Waals surface area contributed by atoms with Crippen molar-refractivity contribution in [2.75, 3.05) is 0 Å². The largest absolute Gasteiger partial charge is 0.486 e. The van der Waals surface area contributed by atoms with Gasteiger partial charge in [-0.3, -0.25) is 0 Å². The Hall–Kier alpha value is -1.81. The summed E-state index contributed by atoms with van der Waals surface area (Å²) in [4.78, 5) is 0. The van der Waals surface area contributed by atoms with Gasteiger partial charge in [0.1, 0.15) is 29.7 Å². The van der Waals surface area contributed by atoms with Crippen molar-refractivity contribution in [1.82, 2.24) is 5.32 Å². The summed E-state index contributed by atoms with van der Waals surface area (Å²) in [7, 11) is 0. The van der Waals surface area contributed by atoms with Gasteiger partial charge >= 0.3 is 0 Å². The zero-order chi connectivity index (χ0) is 13.9. The number of benzene rings is 1. The zero-order valence-electron chi connectivity index (χ0n) is 11.5. The van der Waals surface area contributed by atoms with E-state index in [-0.39, 0.29) is 5.82 Å². The van der Waals surface area contributed by atoms with Crippen molar-refractivity contribution in [1.29, 1.82) is 0 Å². The van der Waals surface area contributed by atoms with Gasteiger partial charge in [0, 0.05) is 6.04 Å². The molecule has 1 heterocycles. The minimum Gasteiger partial charge on any atom is -0.486 e. The van der Waals surface area contributed by atoms with E-state index in [9.17, 15) is 4.39 Å². The Kier molecular flexibility index (Phi) is 3.74. The van der Waals surface area contributed by atoms with Crippen LogP contribution in [0.15, 0.2) is 34.7 Å². The molecule has 1 N–H and O–H groups in total. The highest BCUT2D eigenvalue weighted by Gasteiger charge is 2.20. The van der Waals surface area contributed by atoms with Crippen molar-refractivity contribution in [3.8, 4) is 5.75 Å². The van der Waals surface area contributed by atoms with Crippen LogP contribution in [-0.4, -0.2) is 6.04 Å². The first-order valence-corrected chi connectivity index (χ1v) is 6.90. The van der Waals surface area contributed by atoms with Crippen LogP contribution >= 0.6 is 0 Å². The highest BCUT2D eigenvalue weighted by atomic mass is 19.1. The van der Waals surface area contributed by atoms with Crippen LogP contribution < -0.4 is 10.1 Å². The highest BCUT2D eigenvalue weighted by Crippen LogP contribution is 2.20. The second kappa shape index (κ2) is 5.67. The number of rotatable bonds is 6. The van der Waals surface area contributed by atoms with Gasteiger partial charge in [-0.2, -0.15) is 0 Å². The zero-order valence-corrected chi connectivity index (χ0v) is 11.5. The van der Waals surface area contributed by atoms with Gasteiger partial charge in [0.2, 0.25) is 0 Å². The monoisotopic (exact) mass is 275 g/mol. The Labute approximate surface area is 117 Å². The Morgan fingerprint density at radius 3 is 2.80 bits per heavy atom. The molecular formula is C16H18FNO2. The van der Waals surface area contributed by atoms with Crippen LogP contribution in [0.1, 0.15) is 29.9 Å². The van der Waals surface area contributed by atoms with Crippen LogP contribution in [0.3, 0.4) is 0 Å². The van der Waals surface area contributed by atoms with Crippen molar-refractivity contribution in [3.05, 3.63) is 53.2 Å². The lowest BCUT2D eigenvalue weighted by atomic mass is 10.2. The first-order valence-electron chi connectivity index (χ1n) is 6.90. The van der Waals surface area contributed by atoms with Crippen molar-refractivity contribution in [2.24, 2.45) is 0 Å². The van der Waals surface area contributed by atoms with E-state index in [0.717, 1.165) is 18.1 Å². The van der Waals surface area contributed by atoms with E-state index in [2.05, 4.69) is 5.32 Å². The molecule has 0 spiro atoms. The van der Waals surface area contributed by atoms with Crippen LogP contribution in [0, 0.1) is 12.7 Å². The minimum atomic E-state index is -0.219. The Bertz CT molecular complexity index is 590. The Morgan fingerprint density at radius 1 is 1.25 bits per heavy atom. The number of aryl methyl sites for hydroxylation is 1. The lowest BCUT2D eigenvalue weighted by Gasteiger charge is -2.05. The predicted molar refractivity (Wildman–Crippen MR) is 74.0 cm³/mol. The van der Waals surface area contributed by atoms with E-state index in [1.165, 1.54) is 18.9 Å². The molecule has 0 unspecified atom stereocenters. The molecule has 0 saturated heterocycles. The van der Waals surface area contributed by atoms with Crippen LogP contribution in [0.2, 0.25) is 0 Å². The van der Waals surface area contributed by atoms with E-state index in [4.69, 9.17) is 9.15 Å². The fraction of sp³-hybridized carbons (Fsp3) is 0.375. The molecule has 1 aliphatic carbocycles. The number of ether oxygens (including phenoxy) is 1. The maximum Gasteiger partial charge on any atom is 0.146 e. The van der Waals surface area contributed by atoms with Crippen LogP contribution in [0.25, 0.3) is 0 Å². The van der Waals surface area contributed by atoms with E-state index in [1.54, 1.807) is 19.1 Å². The number of nitrogens with one attached hydrogen (secondary N) is 1. The SMILES string of the molecule is Cc1cc(OCc2ccc(CNC3CC3)o2)ccc1F. The van der Waals surface area contributed by atoms with Gasteiger partial charge in [0.15, 0.2) is 0 Å². The summed E-state index contributed by atoms with van der Waals surface area (Å²) in [6.07, 6.45) is 2.53. The first kappa shape index (κ1) is 13.2. The molecule has 2 aromatic rings. The van der Waals surface area contributed by atoms with Gasteiger partial charge in [-0.25, -0.2) is 4.39 Å². The molecule has 1 saturated carbocycles. The molecule has 0 atom stereocenters. The van der Waals surface area contributed by atoms with Gasteiger partial charge in [0.05, 0.1) is 6.54 Å². The van der Waals surface area contributed by atoms with Gasteiger partial charge in [-0.05, 0) is 55.7 Å². The summed E-state index contributed by atoms with van der Waals surface area (Å²) in [5.74, 6) is 2.13. The van der Waals surface area contributed by atoms with Crippen molar-refractivity contribution >= 4 is 0 Å². The van der Waals surface area contributed by atoms with Gasteiger partial charge in [-0.15, -0.1) is 0 Å². The summed E-state index contributed by atoms with van der Waals surface area (Å²) < 4.78 is 24.4. The molecule has 1 fully saturated rings. The van der Waals surface area contributed by atoms with E-state index < -0.39 is 0 Å². The second-order valence-corrected chi connectivity index (χ2v) is 5.22. The predicted octanol–water partition coefficient (Wildman–Crippen LogP) is 3.56. The summed E-state index contributed by atoms with van der Waals surface area (Å²) in [5.41, 5.74) is 0.580. The topological polar surface area (TPSA) is 34.4 Å². The molecule has 0 bridgehead atoms. The summed E-state index contributed by atoms with van der Waals surface area (Å²) in [6, 6.07) is 9.28. The number of furan rings is 1. The highest BCUT2D eigenvalue weighted by molar-refractivity contribution is 5.28. The number of halogens is 1. The second-order valence-electron chi connectivity index (χ2n) is 5.22. The van der Waals surface area contributed by atoms with E-state index >= 15 is 0 Å². The Morgan fingerprint density at radius 2 is 2.05 bits per heavy atom. The lowest BCUT2D eigenvalue weighted by molar-refractivity contribution is 0.264. The van der Waals surface area contributed by atoms with Gasteiger partial charge < -0.3 is 14.5 Å². The summed E-state index contributed by atoms with van der Waals surface area (Å²) in [5, 5.41) is 3.40. The quantitative estimate of drug-likeness (QED) is 0.875. The van der Waals surface area contributed by atoms with E-state index in [0.29, 0.717) is 24.0 Å². The van der Waals surface area contributed by atoms with Crippen LogP contribution in [0.4, 0.5) is 4.39 Å². The summed E-state index contributed by atoms with van der Waals surface area (Å²) in [6.45, 7) is 2.84. The molecule has 3 nitrogen and oxygen atoms in total. The van der Waals surface area contributed by atoms with Gasteiger partial charge in [0.25, 0.3) is 0 Å². The smallest absolute Gasteiger partial charge is 0.146 e. The molecule has 1 aromatic heterocycles. The normalized spacial score (nSPS) is 14.5. The summed E-state index contributed by atoms with van der Waals surface area (Å²) >= 11 is 0. The van der Waals surface area contributed by atoms with E-state index in [1.807, 2.05) is 12.1 Å². The lowest BCUT2D eigenvalue weighted by Crippen LogP contribution is -2.14. The average Bonchev–Trinajstić information content (AvgIpc) is 3.16. The van der Waals surface area contributed by atoms with Crippen molar-refractivity contribution in [2.45, 2.75) is 39.0 Å². The maximum atomic E-state index is 13.1. The number of hydrogen-bond donors (Lipinski definition) is 1. The molecule has 4 heteroatoms. The number of hydrogen-bond acceptors (Lipinski definition) is 3. The van der Waals surface area contributed by atoms with Crippen LogP contribution in [-0.2, 0) is 13.2 Å². The molecule has 0 amide bonds. The third kappa shape index (κ3) is 3.39. The minimum absolute atomic E-state index is 0.219. The van der Waals surface area contributed by atoms with Crippen molar-refractivity contribution < 1.29 is 13.5 Å². The Balaban J connectivity index is 1.53. The maximum absolute atomic E-state index is 13.1. The molecular weight excluding hydrogens is 257 g/mol. The molecule has 106 valence electrons. The molecule has 3 rings (SSSR count). The first-order chi connectivity index (χ1) is 9.70. The molecule has 0 aliphatic heterocycles. The fourth-order valence-corrected chi connectivity index (χ4v) is 1.99. The third-order valence-corrected chi connectivity index (χ3v) is 3.37.